The molecule has 4 nitrogen and oxygen atoms in total. The lowest BCUT2D eigenvalue weighted by molar-refractivity contribution is 0.0123. The SMILES string of the molecule is CC(F)(F)c1cnnc(N)n1. The molecule has 11 heavy (non-hydrogen) atoms. The zero-order valence-electron chi connectivity index (χ0n) is 5.75. The second-order valence-corrected chi connectivity index (χ2v) is 2.09. The van der Waals surface area contributed by atoms with E-state index in [9.17, 15) is 8.78 Å². The van der Waals surface area contributed by atoms with Crippen LogP contribution in [0.15, 0.2) is 6.20 Å². The fraction of sp³-hybridized carbons (Fsp3) is 0.400. The number of hydrogen-bond acceptors (Lipinski definition) is 4. The van der Waals surface area contributed by atoms with Gasteiger partial charge in [-0.2, -0.15) is 13.9 Å². The fourth-order valence-corrected chi connectivity index (χ4v) is 0.529. The standard InChI is InChI=1S/C5H6F2N4/c1-5(6,7)3-2-9-11-4(8)10-3/h2H,1H3,(H2,8,10,11). The van der Waals surface area contributed by atoms with Gasteiger partial charge in [-0.15, -0.1) is 5.10 Å². The number of anilines is 1. The molecule has 0 aromatic carbocycles. The summed E-state index contributed by atoms with van der Waals surface area (Å²) in [5.74, 6) is -3.26. The van der Waals surface area contributed by atoms with E-state index in [2.05, 4.69) is 15.2 Å². The molecule has 0 saturated heterocycles. The summed E-state index contributed by atoms with van der Waals surface area (Å²) in [6.45, 7) is 0.719. The van der Waals surface area contributed by atoms with Crippen LogP contribution in [0.2, 0.25) is 0 Å². The number of rotatable bonds is 1. The maximum Gasteiger partial charge on any atom is 0.288 e. The lowest BCUT2D eigenvalue weighted by Gasteiger charge is -2.07. The first-order chi connectivity index (χ1) is 5.00. The summed E-state index contributed by atoms with van der Waals surface area (Å²) >= 11 is 0. The van der Waals surface area contributed by atoms with E-state index in [1.54, 1.807) is 0 Å². The molecular weight excluding hydrogens is 154 g/mol. The highest BCUT2D eigenvalue weighted by Gasteiger charge is 2.26. The Morgan fingerprint density at radius 1 is 1.55 bits per heavy atom. The lowest BCUT2D eigenvalue weighted by atomic mass is 10.3. The van der Waals surface area contributed by atoms with Crippen LogP contribution in [0.5, 0.6) is 0 Å². The van der Waals surface area contributed by atoms with E-state index in [1.165, 1.54) is 0 Å². The Morgan fingerprint density at radius 3 is 2.55 bits per heavy atom. The summed E-state index contributed by atoms with van der Waals surface area (Å²) < 4.78 is 24.9. The van der Waals surface area contributed by atoms with Crippen LogP contribution in [0.3, 0.4) is 0 Å². The van der Waals surface area contributed by atoms with Crippen LogP contribution in [-0.4, -0.2) is 15.2 Å². The van der Waals surface area contributed by atoms with Crippen LogP contribution in [0, 0.1) is 0 Å². The highest BCUT2D eigenvalue weighted by Crippen LogP contribution is 2.23. The predicted molar refractivity (Wildman–Crippen MR) is 33.8 cm³/mol. The van der Waals surface area contributed by atoms with Gasteiger partial charge in [0.15, 0.2) is 0 Å². The summed E-state index contributed by atoms with van der Waals surface area (Å²) in [6.07, 6.45) is 0.885. The molecular formula is C5H6F2N4. The van der Waals surface area contributed by atoms with Crippen molar-refractivity contribution in [3.8, 4) is 0 Å². The molecule has 0 fully saturated rings. The van der Waals surface area contributed by atoms with Gasteiger partial charge in [-0.1, -0.05) is 0 Å². The maximum atomic E-state index is 12.4. The van der Waals surface area contributed by atoms with Gasteiger partial charge in [-0.3, -0.25) is 0 Å². The zero-order chi connectivity index (χ0) is 8.48. The Kier molecular flexibility index (Phi) is 1.67. The average Bonchev–Trinajstić information content (AvgIpc) is 1.86. The average molecular weight is 160 g/mol. The van der Waals surface area contributed by atoms with Gasteiger partial charge in [0, 0.05) is 6.92 Å². The third-order valence-corrected chi connectivity index (χ3v) is 1.02. The van der Waals surface area contributed by atoms with Gasteiger partial charge in [0.05, 0.1) is 6.20 Å². The molecule has 0 amide bonds. The molecule has 0 radical (unpaired) electrons. The molecule has 0 aliphatic rings. The van der Waals surface area contributed by atoms with Crippen LogP contribution in [0.25, 0.3) is 0 Å². The van der Waals surface area contributed by atoms with Gasteiger partial charge >= 0.3 is 0 Å². The van der Waals surface area contributed by atoms with Crippen molar-refractivity contribution in [1.29, 1.82) is 0 Å². The number of halogens is 2. The number of nitrogens with two attached hydrogens (primary N) is 1. The molecule has 1 heterocycles. The van der Waals surface area contributed by atoms with Crippen molar-refractivity contribution in [2.45, 2.75) is 12.8 Å². The summed E-state index contributed by atoms with van der Waals surface area (Å²) in [5, 5.41) is 6.47. The van der Waals surface area contributed by atoms with Crippen molar-refractivity contribution >= 4 is 5.95 Å². The molecule has 0 saturated carbocycles. The van der Waals surface area contributed by atoms with Crippen molar-refractivity contribution in [2.24, 2.45) is 0 Å². The van der Waals surface area contributed by atoms with Gasteiger partial charge < -0.3 is 5.73 Å². The monoisotopic (exact) mass is 160 g/mol. The first-order valence-electron chi connectivity index (χ1n) is 2.83. The highest BCUT2D eigenvalue weighted by atomic mass is 19.3. The number of alkyl halides is 2. The predicted octanol–water partition coefficient (Wildman–Crippen LogP) is 0.565. The Bertz CT molecular complexity index is 257. The summed E-state index contributed by atoms with van der Waals surface area (Å²) in [6, 6.07) is 0. The van der Waals surface area contributed by atoms with Crippen molar-refractivity contribution in [1.82, 2.24) is 15.2 Å². The molecule has 0 bridgehead atoms. The molecule has 60 valence electrons. The number of nitrogens with zero attached hydrogens (tertiary/aromatic N) is 3. The molecule has 0 aliphatic carbocycles. The number of hydrogen-bond donors (Lipinski definition) is 1. The molecule has 2 N–H and O–H groups in total. The molecule has 0 spiro atoms. The van der Waals surface area contributed by atoms with Gasteiger partial charge in [0.25, 0.3) is 5.92 Å². The van der Waals surface area contributed by atoms with Gasteiger partial charge in [0.1, 0.15) is 5.69 Å². The fourth-order valence-electron chi connectivity index (χ4n) is 0.529. The molecule has 1 aromatic rings. The summed E-state index contributed by atoms with van der Waals surface area (Å²) in [5.41, 5.74) is 4.57. The Balaban J connectivity index is 3.06. The summed E-state index contributed by atoms with van der Waals surface area (Å²) in [4.78, 5) is 3.30. The second kappa shape index (κ2) is 2.37. The minimum atomic E-state index is -3.01. The van der Waals surface area contributed by atoms with Crippen molar-refractivity contribution in [2.75, 3.05) is 5.73 Å². The quantitative estimate of drug-likeness (QED) is 0.652. The van der Waals surface area contributed by atoms with Gasteiger partial charge in [0.2, 0.25) is 5.95 Å². The van der Waals surface area contributed by atoms with E-state index in [-0.39, 0.29) is 5.95 Å². The van der Waals surface area contributed by atoms with Crippen LogP contribution in [-0.2, 0) is 5.92 Å². The van der Waals surface area contributed by atoms with E-state index in [1.807, 2.05) is 0 Å². The molecule has 0 atom stereocenters. The van der Waals surface area contributed by atoms with E-state index in [4.69, 9.17) is 5.73 Å². The van der Waals surface area contributed by atoms with Gasteiger partial charge in [-0.05, 0) is 0 Å². The van der Waals surface area contributed by atoms with Crippen LogP contribution >= 0.6 is 0 Å². The minimum Gasteiger partial charge on any atom is -0.366 e. The van der Waals surface area contributed by atoms with E-state index >= 15 is 0 Å². The summed E-state index contributed by atoms with van der Waals surface area (Å²) in [7, 11) is 0. The normalized spacial score (nSPS) is 11.5. The zero-order valence-corrected chi connectivity index (χ0v) is 5.75. The van der Waals surface area contributed by atoms with Gasteiger partial charge in [-0.25, -0.2) is 4.98 Å². The van der Waals surface area contributed by atoms with E-state index < -0.39 is 11.6 Å². The van der Waals surface area contributed by atoms with Crippen molar-refractivity contribution in [3.05, 3.63) is 11.9 Å². The Labute approximate surface area is 61.5 Å². The van der Waals surface area contributed by atoms with Crippen molar-refractivity contribution in [3.63, 3.8) is 0 Å². The van der Waals surface area contributed by atoms with Crippen LogP contribution < -0.4 is 5.73 Å². The first kappa shape index (κ1) is 7.77. The largest absolute Gasteiger partial charge is 0.366 e. The minimum absolute atomic E-state index is 0.246. The van der Waals surface area contributed by atoms with E-state index in [0.717, 1.165) is 13.1 Å². The second-order valence-electron chi connectivity index (χ2n) is 2.09. The topological polar surface area (TPSA) is 64.7 Å². The smallest absolute Gasteiger partial charge is 0.288 e. The third kappa shape index (κ3) is 1.79. The molecule has 0 unspecified atom stereocenters. The highest BCUT2D eigenvalue weighted by molar-refractivity contribution is 5.15. The first-order valence-corrected chi connectivity index (χ1v) is 2.83. The number of aromatic nitrogens is 3. The lowest BCUT2D eigenvalue weighted by Crippen LogP contribution is -2.12. The molecule has 1 rings (SSSR count). The van der Waals surface area contributed by atoms with Crippen LogP contribution in [0.4, 0.5) is 14.7 Å². The maximum absolute atomic E-state index is 12.4. The molecule has 1 aromatic heterocycles. The third-order valence-electron chi connectivity index (χ3n) is 1.02. The molecule has 0 aliphatic heterocycles. The Hall–Kier alpha value is -1.33. The van der Waals surface area contributed by atoms with E-state index in [0.29, 0.717) is 0 Å². The number of nitrogen functional groups attached to an aromatic ring is 1. The van der Waals surface area contributed by atoms with Crippen molar-refractivity contribution < 1.29 is 8.78 Å². The molecule has 6 heteroatoms. The van der Waals surface area contributed by atoms with Crippen LogP contribution in [0.1, 0.15) is 12.6 Å². The Morgan fingerprint density at radius 2 is 2.18 bits per heavy atom.